The number of carbonyl (C=O) groups is 1. The summed E-state index contributed by atoms with van der Waals surface area (Å²) in [7, 11) is 0. The number of rotatable bonds is 5. The minimum atomic E-state index is -0.903. The first-order valence-electron chi connectivity index (χ1n) is 5.95. The molecule has 2 rings (SSSR count). The van der Waals surface area contributed by atoms with Crippen molar-refractivity contribution in [1.82, 2.24) is 9.97 Å². The molecular weight excluding hydrogens is 260 g/mol. The topological polar surface area (TPSA) is 63.1 Å². The van der Waals surface area contributed by atoms with Crippen LogP contribution in [-0.4, -0.2) is 26.8 Å². The summed E-state index contributed by atoms with van der Waals surface area (Å²) in [6.45, 7) is 2.10. The average Bonchev–Trinajstić information content (AvgIpc) is 2.40. The van der Waals surface area contributed by atoms with Gasteiger partial charge in [0.25, 0.3) is 0 Å². The SMILES string of the molecule is CCSc1ccc(-c2nccnc2CC(=O)O)cc1. The van der Waals surface area contributed by atoms with Gasteiger partial charge in [-0.15, -0.1) is 11.8 Å². The van der Waals surface area contributed by atoms with Crippen molar-refractivity contribution in [3.05, 3.63) is 42.4 Å². The molecule has 0 bridgehead atoms. The molecule has 0 unspecified atom stereocenters. The molecular formula is C14H14N2O2S. The van der Waals surface area contributed by atoms with Crippen molar-refractivity contribution in [3.8, 4) is 11.3 Å². The van der Waals surface area contributed by atoms with Gasteiger partial charge in [-0.3, -0.25) is 14.8 Å². The van der Waals surface area contributed by atoms with Gasteiger partial charge in [-0.1, -0.05) is 19.1 Å². The molecule has 0 aliphatic rings. The normalized spacial score (nSPS) is 10.4. The van der Waals surface area contributed by atoms with Crippen LogP contribution < -0.4 is 0 Å². The number of aliphatic carboxylic acids is 1. The lowest BCUT2D eigenvalue weighted by Gasteiger charge is -2.06. The summed E-state index contributed by atoms with van der Waals surface area (Å²) in [6.07, 6.45) is 2.98. The maximum Gasteiger partial charge on any atom is 0.309 e. The Morgan fingerprint density at radius 1 is 1.21 bits per heavy atom. The van der Waals surface area contributed by atoms with Crippen molar-refractivity contribution in [2.75, 3.05) is 5.75 Å². The lowest BCUT2D eigenvalue weighted by molar-refractivity contribution is -0.136. The van der Waals surface area contributed by atoms with Gasteiger partial charge in [0.05, 0.1) is 17.8 Å². The third-order valence-electron chi connectivity index (χ3n) is 2.53. The zero-order chi connectivity index (χ0) is 13.7. The maximum atomic E-state index is 10.8. The third-order valence-corrected chi connectivity index (χ3v) is 3.43. The van der Waals surface area contributed by atoms with E-state index in [1.54, 1.807) is 18.0 Å². The Morgan fingerprint density at radius 2 is 1.89 bits per heavy atom. The first-order chi connectivity index (χ1) is 9.20. The van der Waals surface area contributed by atoms with Crippen LogP contribution in [-0.2, 0) is 11.2 Å². The first-order valence-corrected chi connectivity index (χ1v) is 6.94. The van der Waals surface area contributed by atoms with E-state index in [1.165, 1.54) is 11.1 Å². The Hall–Kier alpha value is -1.88. The molecule has 1 heterocycles. The van der Waals surface area contributed by atoms with E-state index in [0.717, 1.165) is 11.3 Å². The van der Waals surface area contributed by atoms with Gasteiger partial charge in [0.2, 0.25) is 0 Å². The first kappa shape index (κ1) is 13.5. The highest BCUT2D eigenvalue weighted by Gasteiger charge is 2.11. The van der Waals surface area contributed by atoms with Crippen molar-refractivity contribution < 1.29 is 9.90 Å². The molecule has 1 N–H and O–H groups in total. The molecule has 1 aromatic heterocycles. The summed E-state index contributed by atoms with van der Waals surface area (Å²) in [5.74, 6) is 0.120. The highest BCUT2D eigenvalue weighted by molar-refractivity contribution is 7.99. The van der Waals surface area contributed by atoms with Crippen molar-refractivity contribution in [2.24, 2.45) is 0 Å². The molecule has 98 valence electrons. The van der Waals surface area contributed by atoms with E-state index in [4.69, 9.17) is 5.11 Å². The van der Waals surface area contributed by atoms with Gasteiger partial charge in [0, 0.05) is 22.9 Å². The maximum absolute atomic E-state index is 10.8. The number of carboxylic acids is 1. The predicted octanol–water partition coefficient (Wildman–Crippen LogP) is 2.88. The molecule has 0 radical (unpaired) electrons. The fourth-order valence-corrected chi connectivity index (χ4v) is 2.42. The smallest absolute Gasteiger partial charge is 0.309 e. The predicted molar refractivity (Wildman–Crippen MR) is 75.2 cm³/mol. The molecule has 1 aromatic carbocycles. The van der Waals surface area contributed by atoms with Gasteiger partial charge in [0.15, 0.2) is 0 Å². The van der Waals surface area contributed by atoms with Crippen molar-refractivity contribution in [2.45, 2.75) is 18.2 Å². The van der Waals surface area contributed by atoms with Crippen LogP contribution in [0.3, 0.4) is 0 Å². The number of aromatic nitrogens is 2. The summed E-state index contributed by atoms with van der Waals surface area (Å²) in [4.78, 5) is 20.4. The van der Waals surface area contributed by atoms with E-state index in [1.807, 2.05) is 24.3 Å². The van der Waals surface area contributed by atoms with Crippen molar-refractivity contribution in [3.63, 3.8) is 0 Å². The molecule has 0 saturated carbocycles. The van der Waals surface area contributed by atoms with E-state index in [9.17, 15) is 4.79 Å². The van der Waals surface area contributed by atoms with Gasteiger partial charge in [-0.2, -0.15) is 0 Å². The summed E-state index contributed by atoms with van der Waals surface area (Å²) >= 11 is 1.76. The lowest BCUT2D eigenvalue weighted by Crippen LogP contribution is -2.05. The zero-order valence-electron chi connectivity index (χ0n) is 10.5. The molecule has 0 atom stereocenters. The molecule has 0 aliphatic heterocycles. The van der Waals surface area contributed by atoms with E-state index in [0.29, 0.717) is 11.4 Å². The van der Waals surface area contributed by atoms with Crippen LogP contribution in [0.5, 0.6) is 0 Å². The summed E-state index contributed by atoms with van der Waals surface area (Å²) < 4.78 is 0. The van der Waals surface area contributed by atoms with Crippen LogP contribution in [0.15, 0.2) is 41.6 Å². The summed E-state index contributed by atoms with van der Waals surface area (Å²) in [5, 5.41) is 8.88. The minimum absolute atomic E-state index is 0.116. The van der Waals surface area contributed by atoms with Gasteiger partial charge in [0.1, 0.15) is 0 Å². The molecule has 19 heavy (non-hydrogen) atoms. The number of thioether (sulfide) groups is 1. The average molecular weight is 274 g/mol. The fraction of sp³-hybridized carbons (Fsp3) is 0.214. The third kappa shape index (κ3) is 3.54. The van der Waals surface area contributed by atoms with Gasteiger partial charge < -0.3 is 5.11 Å². The van der Waals surface area contributed by atoms with E-state index < -0.39 is 5.97 Å². The summed E-state index contributed by atoms with van der Waals surface area (Å²) in [5.41, 5.74) is 2.02. The quantitative estimate of drug-likeness (QED) is 0.849. The number of benzene rings is 1. The van der Waals surface area contributed by atoms with Gasteiger partial charge in [-0.25, -0.2) is 0 Å². The largest absolute Gasteiger partial charge is 0.481 e. The highest BCUT2D eigenvalue weighted by Crippen LogP contribution is 2.24. The Labute approximate surface area is 115 Å². The van der Waals surface area contributed by atoms with Gasteiger partial charge >= 0.3 is 5.97 Å². The molecule has 4 nitrogen and oxygen atoms in total. The molecule has 0 amide bonds. The number of nitrogens with zero attached hydrogens (tertiary/aromatic N) is 2. The summed E-state index contributed by atoms with van der Waals surface area (Å²) in [6, 6.07) is 7.94. The lowest BCUT2D eigenvalue weighted by atomic mass is 10.1. The monoisotopic (exact) mass is 274 g/mol. The van der Waals surface area contributed by atoms with Gasteiger partial charge in [-0.05, 0) is 17.9 Å². The van der Waals surface area contributed by atoms with E-state index in [2.05, 4.69) is 16.9 Å². The van der Waals surface area contributed by atoms with E-state index in [-0.39, 0.29) is 6.42 Å². The Balaban J connectivity index is 2.32. The van der Waals surface area contributed by atoms with Crippen LogP contribution in [0.2, 0.25) is 0 Å². The van der Waals surface area contributed by atoms with E-state index >= 15 is 0 Å². The van der Waals surface area contributed by atoms with Crippen molar-refractivity contribution in [1.29, 1.82) is 0 Å². The Kier molecular flexibility index (Phi) is 4.52. The minimum Gasteiger partial charge on any atom is -0.481 e. The molecule has 0 fully saturated rings. The molecule has 0 saturated heterocycles. The molecule has 2 aromatic rings. The Bertz CT molecular complexity index is 570. The zero-order valence-corrected chi connectivity index (χ0v) is 11.4. The molecule has 0 aliphatic carbocycles. The van der Waals surface area contributed by atoms with Crippen LogP contribution in [0, 0.1) is 0 Å². The standard InChI is InChI=1S/C14H14N2O2S/c1-2-19-11-5-3-10(4-6-11)14-12(9-13(17)18)15-7-8-16-14/h3-8H,2,9H2,1H3,(H,17,18). The van der Waals surface area contributed by atoms with Crippen LogP contribution in [0.25, 0.3) is 11.3 Å². The molecule has 5 heteroatoms. The van der Waals surface area contributed by atoms with Crippen LogP contribution in [0.1, 0.15) is 12.6 Å². The van der Waals surface area contributed by atoms with Crippen LogP contribution >= 0.6 is 11.8 Å². The van der Waals surface area contributed by atoms with Crippen LogP contribution in [0.4, 0.5) is 0 Å². The number of hydrogen-bond acceptors (Lipinski definition) is 4. The van der Waals surface area contributed by atoms with Crippen molar-refractivity contribution >= 4 is 17.7 Å². The molecule has 0 spiro atoms. The second-order valence-electron chi connectivity index (χ2n) is 3.88. The number of hydrogen-bond donors (Lipinski definition) is 1. The fourth-order valence-electron chi connectivity index (χ4n) is 1.76. The Morgan fingerprint density at radius 3 is 2.53 bits per heavy atom. The highest BCUT2D eigenvalue weighted by atomic mass is 32.2. The second-order valence-corrected chi connectivity index (χ2v) is 5.22. The number of carboxylic acid groups (broad SMARTS) is 1. The second kappa shape index (κ2) is 6.33.